The quantitative estimate of drug-likeness (QED) is 0.814. The average molecular weight is 299 g/mol. The van der Waals surface area contributed by atoms with Crippen LogP contribution in [0.4, 0.5) is 0 Å². The average Bonchev–Trinajstić information content (AvgIpc) is 3.07. The summed E-state index contributed by atoms with van der Waals surface area (Å²) in [4.78, 5) is 9.13. The van der Waals surface area contributed by atoms with Crippen LogP contribution in [-0.4, -0.2) is 36.0 Å². The van der Waals surface area contributed by atoms with E-state index in [9.17, 15) is 0 Å². The number of benzene rings is 1. The number of aromatic nitrogens is 2. The molecular weight excluding hydrogens is 278 g/mol. The Morgan fingerprint density at radius 3 is 2.67 bits per heavy atom. The number of aliphatic imine (C=N–C) groups is 1. The smallest absolute Gasteiger partial charge is 0.237 e. The molecule has 0 saturated heterocycles. The van der Waals surface area contributed by atoms with Crippen molar-refractivity contribution in [2.75, 3.05) is 6.61 Å². The van der Waals surface area contributed by atoms with Gasteiger partial charge in [0, 0.05) is 6.20 Å². The van der Waals surface area contributed by atoms with Crippen molar-refractivity contribution in [3.05, 3.63) is 54.1 Å². The third-order valence-corrected chi connectivity index (χ3v) is 5.40. The molecule has 1 unspecified atom stereocenters. The first kappa shape index (κ1) is 14.1. The summed E-state index contributed by atoms with van der Waals surface area (Å²) in [5.74, 6) is 0.688. The fraction of sp³-hybridized carbons (Fsp3) is 0.375. The summed E-state index contributed by atoms with van der Waals surface area (Å²) in [5, 5.41) is 0. The molecule has 1 aromatic heterocycles. The summed E-state index contributed by atoms with van der Waals surface area (Å²) >= 11 is 0. The lowest BCUT2D eigenvalue weighted by atomic mass is 10.1. The van der Waals surface area contributed by atoms with Crippen molar-refractivity contribution in [3.8, 4) is 0 Å². The van der Waals surface area contributed by atoms with E-state index in [0.717, 1.165) is 12.1 Å². The van der Waals surface area contributed by atoms with Crippen LogP contribution >= 0.6 is 0 Å². The minimum absolute atomic E-state index is 0.194. The Kier molecular flexibility index (Phi) is 3.67. The Morgan fingerprint density at radius 1 is 1.24 bits per heavy atom. The third kappa shape index (κ3) is 3.24. The van der Waals surface area contributed by atoms with Gasteiger partial charge in [0.25, 0.3) is 0 Å². The number of imidazole rings is 1. The number of nitrogens with zero attached hydrogens (tertiary/aromatic N) is 3. The number of hydrogen-bond acceptors (Lipinski definition) is 3. The van der Waals surface area contributed by atoms with Crippen molar-refractivity contribution in [2.24, 2.45) is 4.99 Å². The molecule has 1 atom stereocenters. The highest BCUT2D eigenvalue weighted by molar-refractivity contribution is 6.74. The molecule has 1 aliphatic heterocycles. The molecule has 0 amide bonds. The minimum atomic E-state index is -1.40. The highest BCUT2D eigenvalue weighted by Gasteiger charge is 2.24. The lowest BCUT2D eigenvalue weighted by molar-refractivity contribution is 0.316. The molecule has 0 bridgehead atoms. The Labute approximate surface area is 126 Å². The minimum Gasteiger partial charge on any atom is -0.474 e. The van der Waals surface area contributed by atoms with Crippen molar-refractivity contribution in [3.63, 3.8) is 0 Å². The molecule has 0 aliphatic carbocycles. The first-order valence-electron chi connectivity index (χ1n) is 7.32. The Balaban J connectivity index is 1.72. The summed E-state index contributed by atoms with van der Waals surface area (Å²) in [6, 6.07) is 10.6. The predicted octanol–water partition coefficient (Wildman–Crippen LogP) is 2.95. The maximum Gasteiger partial charge on any atom is 0.237 e. The van der Waals surface area contributed by atoms with E-state index in [4.69, 9.17) is 4.74 Å². The molecule has 2 heterocycles. The number of rotatable bonds is 4. The molecule has 3 rings (SSSR count). The van der Waals surface area contributed by atoms with Gasteiger partial charge in [-0.15, -0.1) is 0 Å². The summed E-state index contributed by atoms with van der Waals surface area (Å²) in [6.07, 6.45) is 4.88. The molecule has 5 heteroatoms. The van der Waals surface area contributed by atoms with Gasteiger partial charge in [0.2, 0.25) is 5.90 Å². The second kappa shape index (κ2) is 5.48. The molecule has 1 aromatic carbocycles. The lowest BCUT2D eigenvalue weighted by Gasteiger charge is -2.16. The molecule has 0 saturated carbocycles. The molecule has 0 N–H and O–H groups in total. The Bertz CT molecular complexity index is 643. The zero-order valence-corrected chi connectivity index (χ0v) is 13.8. The van der Waals surface area contributed by atoms with E-state index in [1.807, 2.05) is 12.4 Å². The van der Waals surface area contributed by atoms with Gasteiger partial charge < -0.3 is 8.97 Å². The Morgan fingerprint density at radius 2 is 2.00 bits per heavy atom. The predicted molar refractivity (Wildman–Crippen MR) is 87.4 cm³/mol. The lowest BCUT2D eigenvalue weighted by Crippen LogP contribution is -2.30. The molecular formula is C16H21N3OSi. The van der Waals surface area contributed by atoms with E-state index < -0.39 is 8.24 Å². The van der Waals surface area contributed by atoms with Crippen molar-refractivity contribution >= 4 is 14.1 Å². The number of ether oxygens (including phenoxy) is 1. The summed E-state index contributed by atoms with van der Waals surface area (Å²) in [5.41, 5.74) is 2.15. The van der Waals surface area contributed by atoms with Gasteiger partial charge >= 0.3 is 0 Å². The summed E-state index contributed by atoms with van der Waals surface area (Å²) in [6.45, 7) is 7.50. The molecule has 2 aromatic rings. The molecule has 0 radical (unpaired) electrons. The van der Waals surface area contributed by atoms with E-state index in [0.29, 0.717) is 12.5 Å². The van der Waals surface area contributed by atoms with Crippen LogP contribution in [0.1, 0.15) is 11.3 Å². The van der Waals surface area contributed by atoms with Crippen LogP contribution in [0.2, 0.25) is 19.6 Å². The van der Waals surface area contributed by atoms with E-state index in [1.165, 1.54) is 5.56 Å². The van der Waals surface area contributed by atoms with Gasteiger partial charge in [0.05, 0.1) is 12.4 Å². The zero-order chi connectivity index (χ0) is 14.9. The van der Waals surface area contributed by atoms with Gasteiger partial charge in [-0.2, -0.15) is 0 Å². The van der Waals surface area contributed by atoms with E-state index in [-0.39, 0.29) is 6.04 Å². The summed E-state index contributed by atoms with van der Waals surface area (Å²) < 4.78 is 7.96. The van der Waals surface area contributed by atoms with Crippen molar-refractivity contribution in [1.82, 2.24) is 9.22 Å². The molecule has 110 valence electrons. The van der Waals surface area contributed by atoms with Crippen molar-refractivity contribution in [1.29, 1.82) is 0 Å². The standard InChI is InChI=1S/C16H21N3OSi/c1-21(2,3)19-10-15(17-12-19)16-18-14(11-20-16)9-13-7-5-4-6-8-13/h4-8,10,12,14H,9,11H2,1-3H3. The second-order valence-corrected chi connectivity index (χ2v) is 11.3. The monoisotopic (exact) mass is 299 g/mol. The fourth-order valence-electron chi connectivity index (χ4n) is 2.35. The molecule has 1 aliphatic rings. The second-order valence-electron chi connectivity index (χ2n) is 6.43. The SMILES string of the molecule is C[Si](C)(C)n1cnc(C2=NC(Cc3ccccc3)CO2)c1. The van der Waals surface area contributed by atoms with E-state index >= 15 is 0 Å². The van der Waals surface area contributed by atoms with Crippen molar-refractivity contribution in [2.45, 2.75) is 32.1 Å². The van der Waals surface area contributed by atoms with Gasteiger partial charge in [-0.05, 0) is 12.0 Å². The topological polar surface area (TPSA) is 39.4 Å². The van der Waals surface area contributed by atoms with Crippen LogP contribution in [0.15, 0.2) is 47.8 Å². The van der Waals surface area contributed by atoms with E-state index in [2.05, 4.69) is 64.3 Å². The van der Waals surface area contributed by atoms with Crippen LogP contribution in [0.5, 0.6) is 0 Å². The van der Waals surface area contributed by atoms with Gasteiger partial charge in [0.1, 0.15) is 12.3 Å². The first-order chi connectivity index (χ1) is 10.0. The zero-order valence-electron chi connectivity index (χ0n) is 12.8. The Hall–Kier alpha value is -1.88. The van der Waals surface area contributed by atoms with Crippen LogP contribution < -0.4 is 0 Å². The molecule has 4 nitrogen and oxygen atoms in total. The maximum absolute atomic E-state index is 5.74. The fourth-order valence-corrected chi connectivity index (χ4v) is 3.26. The van der Waals surface area contributed by atoms with E-state index in [1.54, 1.807) is 0 Å². The first-order valence-corrected chi connectivity index (χ1v) is 10.8. The van der Waals surface area contributed by atoms with Crippen LogP contribution in [0, 0.1) is 0 Å². The van der Waals surface area contributed by atoms with Crippen LogP contribution in [0.25, 0.3) is 0 Å². The highest BCUT2D eigenvalue weighted by atomic mass is 28.3. The largest absolute Gasteiger partial charge is 0.474 e. The normalized spacial score (nSPS) is 18.4. The molecule has 21 heavy (non-hydrogen) atoms. The van der Waals surface area contributed by atoms with Gasteiger partial charge in [-0.25, -0.2) is 9.98 Å². The van der Waals surface area contributed by atoms with Gasteiger partial charge in [-0.1, -0.05) is 50.0 Å². The number of hydrogen-bond donors (Lipinski definition) is 0. The van der Waals surface area contributed by atoms with Crippen molar-refractivity contribution < 1.29 is 4.74 Å². The van der Waals surface area contributed by atoms with Crippen LogP contribution in [-0.2, 0) is 11.2 Å². The molecule has 0 spiro atoms. The highest BCUT2D eigenvalue weighted by Crippen LogP contribution is 2.16. The van der Waals surface area contributed by atoms with Gasteiger partial charge in [0.15, 0.2) is 8.24 Å². The maximum atomic E-state index is 5.74. The van der Waals surface area contributed by atoms with Crippen LogP contribution in [0.3, 0.4) is 0 Å². The third-order valence-electron chi connectivity index (χ3n) is 3.60. The summed E-state index contributed by atoms with van der Waals surface area (Å²) in [7, 11) is -1.40. The molecule has 0 fully saturated rings. The van der Waals surface area contributed by atoms with Gasteiger partial charge in [-0.3, -0.25) is 0 Å².